The molecule has 8 heteroatoms. The molecule has 0 saturated carbocycles. The lowest BCUT2D eigenvalue weighted by molar-refractivity contribution is 0.256. The molecule has 1 aliphatic rings. The van der Waals surface area contributed by atoms with Crippen molar-refractivity contribution in [3.05, 3.63) is 72.1 Å². The van der Waals surface area contributed by atoms with Crippen molar-refractivity contribution in [1.82, 2.24) is 14.4 Å². The fourth-order valence-electron chi connectivity index (χ4n) is 3.44. The molecule has 4 aromatic rings. The number of anilines is 2. The van der Waals surface area contributed by atoms with Gasteiger partial charge in [0.05, 0.1) is 18.0 Å². The quantitative estimate of drug-likeness (QED) is 0.503. The van der Waals surface area contributed by atoms with Gasteiger partial charge in [0, 0.05) is 35.7 Å². The fourth-order valence-corrected chi connectivity index (χ4v) is 3.63. The Balaban J connectivity index is 1.48. The first-order valence-corrected chi connectivity index (χ1v) is 9.96. The highest BCUT2D eigenvalue weighted by atomic mass is 35.5. The first-order valence-electron chi connectivity index (χ1n) is 9.58. The Morgan fingerprint density at radius 2 is 2.10 bits per heavy atom. The van der Waals surface area contributed by atoms with E-state index in [0.29, 0.717) is 41.8 Å². The average Bonchev–Trinajstić information content (AvgIpc) is 3.11. The van der Waals surface area contributed by atoms with Crippen molar-refractivity contribution in [3.8, 4) is 17.0 Å². The first-order chi connectivity index (χ1) is 14.7. The predicted molar refractivity (Wildman–Crippen MR) is 116 cm³/mol. The second kappa shape index (κ2) is 7.68. The zero-order valence-electron chi connectivity index (χ0n) is 16.0. The van der Waals surface area contributed by atoms with Gasteiger partial charge in [-0.05, 0) is 42.8 Å². The van der Waals surface area contributed by atoms with E-state index in [1.54, 1.807) is 11.1 Å². The number of benzene rings is 1. The van der Waals surface area contributed by atoms with E-state index in [1.807, 2.05) is 65.3 Å². The Hall–Kier alpha value is -3.58. The van der Waals surface area contributed by atoms with Crippen molar-refractivity contribution in [2.75, 3.05) is 23.4 Å². The van der Waals surface area contributed by atoms with E-state index in [4.69, 9.17) is 21.3 Å². The minimum atomic E-state index is -0.267. The maximum absolute atomic E-state index is 13.1. The number of hydrogen-bond donors (Lipinski definition) is 1. The summed E-state index contributed by atoms with van der Waals surface area (Å²) in [5.74, 6) is 1.07. The summed E-state index contributed by atoms with van der Waals surface area (Å²) < 4.78 is 7.67. The minimum Gasteiger partial charge on any atom is -0.490 e. The Morgan fingerprint density at radius 3 is 3.00 bits per heavy atom. The molecular weight excluding hydrogens is 402 g/mol. The molecule has 0 spiro atoms. The van der Waals surface area contributed by atoms with E-state index in [1.165, 1.54) is 0 Å². The molecule has 0 fully saturated rings. The van der Waals surface area contributed by atoms with Gasteiger partial charge >= 0.3 is 6.03 Å². The van der Waals surface area contributed by atoms with E-state index < -0.39 is 0 Å². The highest BCUT2D eigenvalue weighted by Crippen LogP contribution is 2.33. The molecule has 1 aromatic carbocycles. The van der Waals surface area contributed by atoms with Gasteiger partial charge in [-0.2, -0.15) is 0 Å². The summed E-state index contributed by atoms with van der Waals surface area (Å²) in [5, 5.41) is 3.58. The number of nitrogens with zero attached hydrogens (tertiary/aromatic N) is 4. The topological polar surface area (TPSA) is 71.8 Å². The van der Waals surface area contributed by atoms with E-state index >= 15 is 0 Å². The van der Waals surface area contributed by atoms with Crippen molar-refractivity contribution >= 4 is 34.8 Å². The Labute approximate surface area is 177 Å². The van der Waals surface area contributed by atoms with Crippen LogP contribution in [-0.4, -0.2) is 33.6 Å². The van der Waals surface area contributed by atoms with Crippen LogP contribution in [0.4, 0.5) is 16.3 Å². The molecule has 4 heterocycles. The standard InChI is InChI=1S/C22H18ClN5O2/c23-16-4-1-3-15(13-16)18-6-7-19-21(26-18)28(10-2-12-30-19)22(29)25-17-5-8-20-24-9-11-27(20)14-17/h1,3-9,11,13-14H,2,10,12H2,(H,25,29). The van der Waals surface area contributed by atoms with Crippen LogP contribution >= 0.6 is 11.6 Å². The molecule has 0 bridgehead atoms. The number of carbonyl (C=O) groups excluding carboxylic acids is 1. The molecule has 3 aromatic heterocycles. The predicted octanol–water partition coefficient (Wildman–Crippen LogP) is 4.87. The van der Waals surface area contributed by atoms with Crippen molar-refractivity contribution in [1.29, 1.82) is 0 Å². The van der Waals surface area contributed by atoms with Crippen LogP contribution in [-0.2, 0) is 0 Å². The third-order valence-corrected chi connectivity index (χ3v) is 5.12. The highest BCUT2D eigenvalue weighted by molar-refractivity contribution is 6.30. The lowest BCUT2D eigenvalue weighted by Gasteiger charge is -2.22. The van der Waals surface area contributed by atoms with Crippen molar-refractivity contribution in [2.24, 2.45) is 0 Å². The summed E-state index contributed by atoms with van der Waals surface area (Å²) in [6, 6.07) is 14.6. The van der Waals surface area contributed by atoms with Crippen molar-refractivity contribution in [3.63, 3.8) is 0 Å². The minimum absolute atomic E-state index is 0.267. The number of rotatable bonds is 2. The van der Waals surface area contributed by atoms with Crippen LogP contribution < -0.4 is 15.0 Å². The van der Waals surface area contributed by atoms with E-state index in [9.17, 15) is 4.79 Å². The Morgan fingerprint density at radius 1 is 1.17 bits per heavy atom. The van der Waals surface area contributed by atoms with Crippen LogP contribution in [0.25, 0.3) is 16.9 Å². The van der Waals surface area contributed by atoms with Crippen LogP contribution in [0.5, 0.6) is 5.75 Å². The summed E-state index contributed by atoms with van der Waals surface area (Å²) in [6.07, 6.45) is 6.08. The molecule has 1 aliphatic heterocycles. The van der Waals surface area contributed by atoms with Crippen LogP contribution in [0.15, 0.2) is 67.1 Å². The van der Waals surface area contributed by atoms with Gasteiger partial charge < -0.3 is 14.5 Å². The molecule has 5 rings (SSSR count). The van der Waals surface area contributed by atoms with Gasteiger partial charge in [-0.1, -0.05) is 23.7 Å². The number of amides is 2. The van der Waals surface area contributed by atoms with Gasteiger partial charge in [-0.3, -0.25) is 4.90 Å². The van der Waals surface area contributed by atoms with Gasteiger partial charge in [0.15, 0.2) is 11.6 Å². The molecular formula is C22H18ClN5O2. The molecule has 1 N–H and O–H groups in total. The third kappa shape index (κ3) is 3.55. The number of fused-ring (bicyclic) bond motifs is 2. The Bertz CT molecular complexity index is 1240. The number of nitrogens with one attached hydrogen (secondary N) is 1. The van der Waals surface area contributed by atoms with Crippen molar-refractivity contribution < 1.29 is 9.53 Å². The number of carbonyl (C=O) groups is 1. The Kier molecular flexibility index (Phi) is 4.72. The number of urea groups is 1. The smallest absolute Gasteiger partial charge is 0.327 e. The second-order valence-corrected chi connectivity index (χ2v) is 7.36. The largest absolute Gasteiger partial charge is 0.490 e. The maximum Gasteiger partial charge on any atom is 0.327 e. The lowest BCUT2D eigenvalue weighted by Crippen LogP contribution is -2.36. The highest BCUT2D eigenvalue weighted by Gasteiger charge is 2.24. The molecule has 0 aliphatic carbocycles. The first kappa shape index (κ1) is 18.4. The normalized spacial score (nSPS) is 13.4. The number of halogens is 1. The lowest BCUT2D eigenvalue weighted by atomic mass is 10.1. The van der Waals surface area contributed by atoms with Gasteiger partial charge in [-0.15, -0.1) is 0 Å². The van der Waals surface area contributed by atoms with Gasteiger partial charge in [-0.25, -0.2) is 14.8 Å². The SMILES string of the molecule is O=C(Nc1ccc2nccn2c1)N1CCCOc2ccc(-c3cccc(Cl)c3)nc21. The van der Waals surface area contributed by atoms with Crippen molar-refractivity contribution in [2.45, 2.75) is 6.42 Å². The summed E-state index contributed by atoms with van der Waals surface area (Å²) in [6.45, 7) is 1.02. The molecule has 0 atom stereocenters. The molecule has 150 valence electrons. The van der Waals surface area contributed by atoms with Crippen LogP contribution in [0, 0.1) is 0 Å². The second-order valence-electron chi connectivity index (χ2n) is 6.92. The van der Waals surface area contributed by atoms with Crippen LogP contribution in [0.3, 0.4) is 0 Å². The third-order valence-electron chi connectivity index (χ3n) is 4.88. The number of imidazole rings is 1. The monoisotopic (exact) mass is 419 g/mol. The van der Waals surface area contributed by atoms with Gasteiger partial charge in [0.2, 0.25) is 0 Å². The van der Waals surface area contributed by atoms with Crippen LogP contribution in [0.2, 0.25) is 5.02 Å². The van der Waals surface area contributed by atoms with Gasteiger partial charge in [0.1, 0.15) is 5.65 Å². The molecule has 7 nitrogen and oxygen atoms in total. The number of pyridine rings is 2. The average molecular weight is 420 g/mol. The summed E-state index contributed by atoms with van der Waals surface area (Å²) >= 11 is 6.13. The zero-order chi connectivity index (χ0) is 20.5. The molecule has 0 saturated heterocycles. The number of aromatic nitrogens is 3. The van der Waals surface area contributed by atoms with E-state index in [2.05, 4.69) is 10.3 Å². The molecule has 30 heavy (non-hydrogen) atoms. The van der Waals surface area contributed by atoms with Crippen LogP contribution in [0.1, 0.15) is 6.42 Å². The van der Waals surface area contributed by atoms with E-state index in [-0.39, 0.29) is 6.03 Å². The summed E-state index contributed by atoms with van der Waals surface area (Å²) in [4.78, 5) is 23.7. The molecule has 0 radical (unpaired) electrons. The van der Waals surface area contributed by atoms with E-state index in [0.717, 1.165) is 16.9 Å². The molecule has 2 amide bonds. The van der Waals surface area contributed by atoms with Gasteiger partial charge in [0.25, 0.3) is 0 Å². The maximum atomic E-state index is 13.1. The summed E-state index contributed by atoms with van der Waals surface area (Å²) in [5.41, 5.74) is 3.08. The zero-order valence-corrected chi connectivity index (χ0v) is 16.7. The summed E-state index contributed by atoms with van der Waals surface area (Å²) in [7, 11) is 0. The molecule has 0 unspecified atom stereocenters. The fraction of sp³-hybridized carbons (Fsp3) is 0.136. The number of hydrogen-bond acceptors (Lipinski definition) is 4. The number of ether oxygens (including phenoxy) is 1.